The fourth-order valence-corrected chi connectivity index (χ4v) is 2.18. The van der Waals surface area contributed by atoms with E-state index in [2.05, 4.69) is 10.4 Å². The Balaban J connectivity index is 2.00. The summed E-state index contributed by atoms with van der Waals surface area (Å²) < 4.78 is 0. The van der Waals surface area contributed by atoms with Crippen LogP contribution in [-0.4, -0.2) is 23.0 Å². The van der Waals surface area contributed by atoms with Gasteiger partial charge >= 0.3 is 11.8 Å². The lowest BCUT2D eigenvalue weighted by Gasteiger charge is -2.05. The summed E-state index contributed by atoms with van der Waals surface area (Å²) in [5, 5.41) is 17.3. The van der Waals surface area contributed by atoms with E-state index in [0.29, 0.717) is 5.02 Å². The molecule has 0 saturated heterocycles. The largest absolute Gasteiger partial charge is 0.329 e. The number of hydrogen-bond acceptors (Lipinski definition) is 5. The minimum Gasteiger partial charge on any atom is -0.318 e. The molecule has 2 aromatic carbocycles. The van der Waals surface area contributed by atoms with Crippen LogP contribution < -0.4 is 10.7 Å². The molecule has 26 heavy (non-hydrogen) atoms. The second-order valence-electron chi connectivity index (χ2n) is 4.75. The van der Waals surface area contributed by atoms with Gasteiger partial charge in [0, 0.05) is 28.4 Å². The number of amides is 2. The molecule has 0 radical (unpaired) electrons. The van der Waals surface area contributed by atoms with Gasteiger partial charge in [-0.05, 0) is 24.3 Å². The Morgan fingerprint density at radius 2 is 1.69 bits per heavy atom. The summed E-state index contributed by atoms with van der Waals surface area (Å²) in [5.41, 5.74) is 2.26. The minimum atomic E-state index is -1.06. The molecule has 8 nitrogen and oxygen atoms in total. The molecule has 0 heterocycles. The molecule has 134 valence electrons. The number of nitrogens with zero attached hydrogens (tertiary/aromatic N) is 2. The molecule has 0 fully saturated rings. The first-order chi connectivity index (χ1) is 12.3. The molecule has 0 spiro atoms. The maximum Gasteiger partial charge on any atom is 0.329 e. The van der Waals surface area contributed by atoms with Crippen LogP contribution >= 0.6 is 34.8 Å². The number of nitrogens with one attached hydrogen (secondary N) is 2. The van der Waals surface area contributed by atoms with Gasteiger partial charge in [0.25, 0.3) is 5.69 Å². The zero-order chi connectivity index (χ0) is 19.3. The average molecular weight is 416 g/mol. The van der Waals surface area contributed by atoms with Crippen LogP contribution in [0.2, 0.25) is 15.1 Å². The van der Waals surface area contributed by atoms with Gasteiger partial charge in [0.15, 0.2) is 0 Å². The Kier molecular flexibility index (Phi) is 6.51. The van der Waals surface area contributed by atoms with E-state index in [9.17, 15) is 19.7 Å². The highest BCUT2D eigenvalue weighted by Gasteiger charge is 2.14. The number of carbonyl (C=O) groups is 2. The summed E-state index contributed by atoms with van der Waals surface area (Å²) in [5.74, 6) is -2.06. The standard InChI is InChI=1S/C15H9Cl3N4O4/c16-11-4-2-10(22(25)26)5-8(11)7-19-21-15(24)14(23)20-9-1-3-12(17)13(18)6-9/h1-7H,(H,20,23)(H,21,24)/b19-7-. The Labute approximate surface area is 161 Å². The number of halogens is 3. The first kappa shape index (κ1) is 19.6. The molecule has 0 atom stereocenters. The van der Waals surface area contributed by atoms with Gasteiger partial charge in [0.1, 0.15) is 0 Å². The maximum absolute atomic E-state index is 11.8. The van der Waals surface area contributed by atoms with E-state index in [1.807, 2.05) is 5.43 Å². The highest BCUT2D eigenvalue weighted by Crippen LogP contribution is 2.25. The van der Waals surface area contributed by atoms with Crippen molar-refractivity contribution < 1.29 is 14.5 Å². The van der Waals surface area contributed by atoms with Crippen LogP contribution in [0.3, 0.4) is 0 Å². The Morgan fingerprint density at radius 3 is 2.35 bits per heavy atom. The summed E-state index contributed by atoms with van der Waals surface area (Å²) in [6, 6.07) is 8.02. The van der Waals surface area contributed by atoms with Crippen LogP contribution in [-0.2, 0) is 9.59 Å². The van der Waals surface area contributed by atoms with E-state index < -0.39 is 16.7 Å². The molecule has 0 aromatic heterocycles. The second kappa shape index (κ2) is 8.61. The van der Waals surface area contributed by atoms with Gasteiger partial charge in [-0.1, -0.05) is 34.8 Å². The lowest BCUT2D eigenvalue weighted by Crippen LogP contribution is -2.32. The van der Waals surface area contributed by atoms with Crippen molar-refractivity contribution in [3.05, 3.63) is 67.1 Å². The predicted octanol–water partition coefficient (Wildman–Crippen LogP) is 3.64. The lowest BCUT2D eigenvalue weighted by molar-refractivity contribution is -0.384. The predicted molar refractivity (Wildman–Crippen MR) is 98.9 cm³/mol. The second-order valence-corrected chi connectivity index (χ2v) is 5.97. The average Bonchev–Trinajstić information content (AvgIpc) is 2.59. The third-order valence-electron chi connectivity index (χ3n) is 2.94. The minimum absolute atomic E-state index is 0.189. The van der Waals surface area contributed by atoms with Crippen molar-refractivity contribution in [2.45, 2.75) is 0 Å². The number of nitro benzene ring substituents is 1. The SMILES string of the molecule is O=C(N/N=C\c1cc([N+](=O)[O-])ccc1Cl)C(=O)Nc1ccc(Cl)c(Cl)c1. The summed E-state index contributed by atoms with van der Waals surface area (Å²) in [6.45, 7) is 0. The van der Waals surface area contributed by atoms with Gasteiger partial charge in [-0.15, -0.1) is 0 Å². The third-order valence-corrected chi connectivity index (χ3v) is 4.03. The van der Waals surface area contributed by atoms with Crippen molar-refractivity contribution in [2.24, 2.45) is 5.10 Å². The molecule has 2 aromatic rings. The number of hydrazone groups is 1. The summed E-state index contributed by atoms with van der Waals surface area (Å²) in [6.07, 6.45) is 1.08. The molecule has 0 bridgehead atoms. The smallest absolute Gasteiger partial charge is 0.318 e. The molecule has 0 aliphatic rings. The number of anilines is 1. The van der Waals surface area contributed by atoms with E-state index in [4.69, 9.17) is 34.8 Å². The molecule has 0 aliphatic heterocycles. The number of rotatable bonds is 4. The fraction of sp³-hybridized carbons (Fsp3) is 0. The van der Waals surface area contributed by atoms with Gasteiger partial charge in [0.05, 0.1) is 21.2 Å². The molecular weight excluding hydrogens is 407 g/mol. The van der Waals surface area contributed by atoms with Gasteiger partial charge in [-0.25, -0.2) is 5.43 Å². The van der Waals surface area contributed by atoms with Crippen molar-refractivity contribution in [1.29, 1.82) is 0 Å². The van der Waals surface area contributed by atoms with Gasteiger partial charge in [0.2, 0.25) is 0 Å². The number of non-ortho nitro benzene ring substituents is 1. The molecule has 0 aliphatic carbocycles. The van der Waals surface area contributed by atoms with E-state index in [1.165, 1.54) is 36.4 Å². The molecule has 11 heteroatoms. The van der Waals surface area contributed by atoms with Gasteiger partial charge in [-0.2, -0.15) is 5.10 Å². The van der Waals surface area contributed by atoms with Gasteiger partial charge in [-0.3, -0.25) is 19.7 Å². The van der Waals surface area contributed by atoms with Crippen molar-refractivity contribution >= 4 is 64.2 Å². The normalized spacial score (nSPS) is 10.6. The zero-order valence-corrected chi connectivity index (χ0v) is 15.0. The summed E-state index contributed by atoms with van der Waals surface area (Å²) in [7, 11) is 0. The van der Waals surface area contributed by atoms with Crippen LogP contribution in [0, 0.1) is 10.1 Å². The van der Waals surface area contributed by atoms with Gasteiger partial charge < -0.3 is 5.32 Å². The molecule has 0 saturated carbocycles. The van der Waals surface area contributed by atoms with Crippen LogP contribution in [0.25, 0.3) is 0 Å². The van der Waals surface area contributed by atoms with Crippen LogP contribution in [0.1, 0.15) is 5.56 Å². The van der Waals surface area contributed by atoms with Crippen molar-refractivity contribution in [2.75, 3.05) is 5.32 Å². The first-order valence-electron chi connectivity index (χ1n) is 6.81. The fourth-order valence-electron chi connectivity index (χ4n) is 1.72. The van der Waals surface area contributed by atoms with Crippen molar-refractivity contribution in [1.82, 2.24) is 5.43 Å². The molecule has 2 rings (SSSR count). The van der Waals surface area contributed by atoms with Crippen molar-refractivity contribution in [3.8, 4) is 0 Å². The first-order valence-corrected chi connectivity index (χ1v) is 7.94. The summed E-state index contributed by atoms with van der Waals surface area (Å²) >= 11 is 17.4. The number of hydrogen-bond donors (Lipinski definition) is 2. The number of benzene rings is 2. The van der Waals surface area contributed by atoms with Crippen molar-refractivity contribution in [3.63, 3.8) is 0 Å². The molecule has 2 amide bonds. The molecule has 2 N–H and O–H groups in total. The summed E-state index contributed by atoms with van der Waals surface area (Å²) in [4.78, 5) is 33.6. The number of carbonyl (C=O) groups excluding carboxylic acids is 2. The third kappa shape index (κ3) is 5.16. The van der Waals surface area contributed by atoms with Crippen LogP contribution in [0.5, 0.6) is 0 Å². The Bertz CT molecular complexity index is 918. The highest BCUT2D eigenvalue weighted by atomic mass is 35.5. The highest BCUT2D eigenvalue weighted by molar-refractivity contribution is 6.43. The Hall–Kier alpha value is -2.68. The van der Waals surface area contributed by atoms with E-state index in [-0.39, 0.29) is 27.0 Å². The topological polar surface area (TPSA) is 114 Å². The number of nitro groups is 1. The van der Waals surface area contributed by atoms with E-state index in [1.54, 1.807) is 0 Å². The molecular formula is C15H9Cl3N4O4. The zero-order valence-electron chi connectivity index (χ0n) is 12.7. The van der Waals surface area contributed by atoms with Crippen LogP contribution in [0.15, 0.2) is 41.5 Å². The van der Waals surface area contributed by atoms with E-state index >= 15 is 0 Å². The van der Waals surface area contributed by atoms with Crippen LogP contribution in [0.4, 0.5) is 11.4 Å². The lowest BCUT2D eigenvalue weighted by atomic mass is 10.2. The molecule has 0 unspecified atom stereocenters. The Morgan fingerprint density at radius 1 is 1.00 bits per heavy atom. The van der Waals surface area contributed by atoms with E-state index in [0.717, 1.165) is 6.21 Å². The maximum atomic E-state index is 11.8. The monoisotopic (exact) mass is 414 g/mol. The quantitative estimate of drug-likeness (QED) is 0.343.